The number of piperidine rings is 1. The largest absolute Gasteiger partial charge is 0.497 e. The minimum Gasteiger partial charge on any atom is -0.497 e. The minimum atomic E-state index is -0.250. The van der Waals surface area contributed by atoms with Gasteiger partial charge in [0.25, 0.3) is 5.56 Å². The molecule has 9 heteroatoms. The summed E-state index contributed by atoms with van der Waals surface area (Å²) in [4.78, 5) is 42.8. The number of ether oxygens (including phenoxy) is 2. The number of nitrogens with zero attached hydrogens (tertiary/aromatic N) is 4. The van der Waals surface area contributed by atoms with Crippen LogP contribution in [0, 0.1) is 0 Å². The maximum Gasteiger partial charge on any atom is 0.251 e. The number of H-pyrrole nitrogens is 1. The van der Waals surface area contributed by atoms with Crippen LogP contribution in [0.25, 0.3) is 11.5 Å². The van der Waals surface area contributed by atoms with E-state index in [4.69, 9.17) is 9.47 Å². The Labute approximate surface area is 185 Å². The Morgan fingerprint density at radius 3 is 2.84 bits per heavy atom. The maximum atomic E-state index is 13.1. The molecule has 9 nitrogen and oxygen atoms in total. The Balaban J connectivity index is 1.52. The molecule has 4 rings (SSSR count). The number of nitrogens with one attached hydrogen (secondary N) is 1. The van der Waals surface area contributed by atoms with Crippen LogP contribution in [-0.4, -0.2) is 58.1 Å². The third-order valence-electron chi connectivity index (χ3n) is 5.59. The quantitative estimate of drug-likeness (QED) is 0.632. The average Bonchev–Trinajstić information content (AvgIpc) is 2.84. The van der Waals surface area contributed by atoms with Crippen LogP contribution in [0.3, 0.4) is 0 Å². The zero-order chi connectivity index (χ0) is 22.5. The summed E-state index contributed by atoms with van der Waals surface area (Å²) in [6.07, 6.45) is 6.56. The van der Waals surface area contributed by atoms with Crippen molar-refractivity contribution in [1.29, 1.82) is 0 Å². The van der Waals surface area contributed by atoms with E-state index >= 15 is 0 Å². The van der Waals surface area contributed by atoms with Crippen LogP contribution in [0.5, 0.6) is 11.5 Å². The number of carbonyl (C=O) groups excluding carboxylic acids is 1. The predicted molar refractivity (Wildman–Crippen MR) is 118 cm³/mol. The number of hydrogen-bond donors (Lipinski definition) is 1. The number of likely N-dealkylation sites (tertiary alicyclic amines) is 1. The van der Waals surface area contributed by atoms with Crippen molar-refractivity contribution in [3.05, 3.63) is 64.5 Å². The molecule has 0 saturated carbocycles. The third-order valence-corrected chi connectivity index (χ3v) is 5.59. The van der Waals surface area contributed by atoms with E-state index in [1.807, 2.05) is 11.0 Å². The molecular formula is C23H25N5O4. The molecule has 166 valence electrons. The fraction of sp³-hybridized carbons (Fsp3) is 0.348. The van der Waals surface area contributed by atoms with Gasteiger partial charge in [-0.05, 0) is 31.0 Å². The Morgan fingerprint density at radius 2 is 2.09 bits per heavy atom. The summed E-state index contributed by atoms with van der Waals surface area (Å²) in [5, 5.41) is 0. The molecule has 1 N–H and O–H groups in total. The second kappa shape index (κ2) is 9.59. The first-order chi connectivity index (χ1) is 15.6. The molecule has 1 amide bonds. The van der Waals surface area contributed by atoms with Crippen LogP contribution in [0.1, 0.15) is 30.0 Å². The zero-order valence-electron chi connectivity index (χ0n) is 18.1. The van der Waals surface area contributed by atoms with Crippen LogP contribution in [0.15, 0.2) is 47.7 Å². The number of amides is 1. The molecule has 1 saturated heterocycles. The molecule has 0 bridgehead atoms. The lowest BCUT2D eigenvalue weighted by Crippen LogP contribution is -2.40. The van der Waals surface area contributed by atoms with Crippen molar-refractivity contribution < 1.29 is 14.3 Å². The minimum absolute atomic E-state index is 0.000225. The molecule has 0 spiro atoms. The number of hydrogen-bond acceptors (Lipinski definition) is 7. The summed E-state index contributed by atoms with van der Waals surface area (Å²) >= 11 is 0. The summed E-state index contributed by atoms with van der Waals surface area (Å²) in [5.41, 5.74) is 1.68. The van der Waals surface area contributed by atoms with Crippen LogP contribution in [-0.2, 0) is 11.2 Å². The Bertz CT molecular complexity index is 1150. The normalized spacial score (nSPS) is 15.9. The molecule has 0 radical (unpaired) electrons. The fourth-order valence-corrected chi connectivity index (χ4v) is 3.97. The first-order valence-electron chi connectivity index (χ1n) is 10.4. The standard InChI is InChI=1S/C23H25N5O4/c1-31-17-5-6-20(32-2)16(10-17)11-22(30)28-9-3-4-15(14-28)18-12-21(29)27-23(26-18)19-13-24-7-8-25-19/h5-8,10,12-13,15H,3-4,9,11,14H2,1-2H3,(H,26,27,29). The van der Waals surface area contributed by atoms with E-state index in [1.165, 1.54) is 6.07 Å². The summed E-state index contributed by atoms with van der Waals surface area (Å²) in [6.45, 7) is 1.17. The highest BCUT2D eigenvalue weighted by Crippen LogP contribution is 2.28. The van der Waals surface area contributed by atoms with Gasteiger partial charge >= 0.3 is 0 Å². The Kier molecular flexibility index (Phi) is 6.44. The van der Waals surface area contributed by atoms with E-state index in [0.29, 0.717) is 41.8 Å². The maximum absolute atomic E-state index is 13.1. The molecule has 0 aliphatic carbocycles. The van der Waals surface area contributed by atoms with Crippen molar-refractivity contribution in [3.63, 3.8) is 0 Å². The van der Waals surface area contributed by atoms with Gasteiger partial charge in [0, 0.05) is 43.0 Å². The molecule has 1 fully saturated rings. The van der Waals surface area contributed by atoms with Crippen molar-refractivity contribution in [2.45, 2.75) is 25.2 Å². The summed E-state index contributed by atoms with van der Waals surface area (Å²) in [5.74, 6) is 1.68. The van der Waals surface area contributed by atoms with Crippen molar-refractivity contribution in [2.24, 2.45) is 0 Å². The average molecular weight is 435 g/mol. The van der Waals surface area contributed by atoms with Gasteiger partial charge in [0.05, 0.1) is 32.5 Å². The third kappa shape index (κ3) is 4.77. The first kappa shape index (κ1) is 21.5. The van der Waals surface area contributed by atoms with Gasteiger partial charge < -0.3 is 19.4 Å². The fourth-order valence-electron chi connectivity index (χ4n) is 3.97. The lowest BCUT2D eigenvalue weighted by atomic mass is 9.94. The van der Waals surface area contributed by atoms with E-state index in [1.54, 1.807) is 44.9 Å². The predicted octanol–water partition coefficient (Wildman–Crippen LogP) is 2.19. The Morgan fingerprint density at radius 1 is 1.22 bits per heavy atom. The summed E-state index contributed by atoms with van der Waals surface area (Å²) in [6, 6.07) is 6.93. The first-order valence-corrected chi connectivity index (χ1v) is 10.4. The van der Waals surface area contributed by atoms with E-state index in [0.717, 1.165) is 18.4 Å². The number of aromatic amines is 1. The molecule has 3 heterocycles. The molecule has 1 aromatic carbocycles. The van der Waals surface area contributed by atoms with Gasteiger partial charge in [0.1, 0.15) is 17.2 Å². The second-order valence-electron chi connectivity index (χ2n) is 7.64. The molecule has 1 atom stereocenters. The smallest absolute Gasteiger partial charge is 0.251 e. The number of aromatic nitrogens is 4. The second-order valence-corrected chi connectivity index (χ2v) is 7.64. The molecule has 32 heavy (non-hydrogen) atoms. The number of benzene rings is 1. The molecule has 1 unspecified atom stereocenters. The molecule has 2 aromatic heterocycles. The van der Waals surface area contributed by atoms with E-state index in [-0.39, 0.29) is 23.8 Å². The van der Waals surface area contributed by atoms with Crippen molar-refractivity contribution in [1.82, 2.24) is 24.8 Å². The SMILES string of the molecule is COc1ccc(OC)c(CC(=O)N2CCCC(c3cc(=O)[nH]c(-c4cnccn4)n3)C2)c1. The van der Waals surface area contributed by atoms with Crippen LogP contribution in [0.2, 0.25) is 0 Å². The van der Waals surface area contributed by atoms with Crippen LogP contribution in [0.4, 0.5) is 0 Å². The zero-order valence-corrected chi connectivity index (χ0v) is 18.1. The number of methoxy groups -OCH3 is 2. The number of rotatable bonds is 6. The number of carbonyl (C=O) groups is 1. The van der Waals surface area contributed by atoms with Crippen LogP contribution < -0.4 is 15.0 Å². The Hall–Kier alpha value is -3.75. The van der Waals surface area contributed by atoms with Gasteiger partial charge in [-0.2, -0.15) is 0 Å². The highest BCUT2D eigenvalue weighted by Gasteiger charge is 2.27. The highest BCUT2D eigenvalue weighted by molar-refractivity contribution is 5.80. The van der Waals surface area contributed by atoms with Crippen molar-refractivity contribution in [2.75, 3.05) is 27.3 Å². The van der Waals surface area contributed by atoms with Crippen molar-refractivity contribution in [3.8, 4) is 23.0 Å². The summed E-state index contributed by atoms with van der Waals surface area (Å²) < 4.78 is 10.7. The van der Waals surface area contributed by atoms with Gasteiger partial charge in [0.2, 0.25) is 5.91 Å². The van der Waals surface area contributed by atoms with Gasteiger partial charge in [-0.1, -0.05) is 0 Å². The summed E-state index contributed by atoms with van der Waals surface area (Å²) in [7, 11) is 3.17. The van der Waals surface area contributed by atoms with E-state index < -0.39 is 0 Å². The molecular weight excluding hydrogens is 410 g/mol. The van der Waals surface area contributed by atoms with Crippen LogP contribution >= 0.6 is 0 Å². The van der Waals surface area contributed by atoms with E-state index in [9.17, 15) is 9.59 Å². The monoisotopic (exact) mass is 435 g/mol. The lowest BCUT2D eigenvalue weighted by Gasteiger charge is -2.32. The van der Waals surface area contributed by atoms with Gasteiger partial charge in [-0.25, -0.2) is 9.97 Å². The van der Waals surface area contributed by atoms with E-state index in [2.05, 4.69) is 19.9 Å². The van der Waals surface area contributed by atoms with Gasteiger partial charge in [-0.3, -0.25) is 14.6 Å². The highest BCUT2D eigenvalue weighted by atomic mass is 16.5. The van der Waals surface area contributed by atoms with Crippen molar-refractivity contribution >= 4 is 5.91 Å². The van der Waals surface area contributed by atoms with Gasteiger partial charge in [0.15, 0.2) is 5.82 Å². The lowest BCUT2D eigenvalue weighted by molar-refractivity contribution is -0.131. The topological polar surface area (TPSA) is 110 Å². The molecule has 1 aliphatic rings. The molecule has 3 aromatic rings. The van der Waals surface area contributed by atoms with Gasteiger partial charge in [-0.15, -0.1) is 0 Å². The molecule has 1 aliphatic heterocycles.